The number of hydrogen-bond donors (Lipinski definition) is 1. The van der Waals surface area contributed by atoms with Gasteiger partial charge in [-0.25, -0.2) is 9.97 Å². The van der Waals surface area contributed by atoms with E-state index in [9.17, 15) is 4.79 Å². The summed E-state index contributed by atoms with van der Waals surface area (Å²) in [6.45, 7) is 0. The van der Waals surface area contributed by atoms with Gasteiger partial charge in [0.25, 0.3) is 0 Å². The summed E-state index contributed by atoms with van der Waals surface area (Å²) >= 11 is 1.65. The van der Waals surface area contributed by atoms with Crippen LogP contribution in [0.4, 0.5) is 0 Å². The first-order valence-corrected chi connectivity index (χ1v) is 7.44. The second-order valence-corrected chi connectivity index (χ2v) is 5.51. The van der Waals surface area contributed by atoms with Crippen LogP contribution in [0, 0.1) is 0 Å². The van der Waals surface area contributed by atoms with Crippen LogP contribution in [-0.4, -0.2) is 15.9 Å². The minimum absolute atomic E-state index is 0.406. The molecule has 4 nitrogen and oxygen atoms in total. The quantitative estimate of drug-likeness (QED) is 0.593. The summed E-state index contributed by atoms with van der Waals surface area (Å²) in [6.07, 6.45) is 1.58. The molecule has 1 amide bonds. The Morgan fingerprint density at radius 3 is 2.57 bits per heavy atom. The van der Waals surface area contributed by atoms with Crippen molar-refractivity contribution in [3.8, 4) is 0 Å². The summed E-state index contributed by atoms with van der Waals surface area (Å²) < 4.78 is 0. The third kappa shape index (κ3) is 3.03. The van der Waals surface area contributed by atoms with Crippen LogP contribution >= 0.6 is 11.8 Å². The van der Waals surface area contributed by atoms with E-state index in [2.05, 4.69) is 9.97 Å². The molecular formula is C16H13N3OS. The lowest BCUT2D eigenvalue weighted by Crippen LogP contribution is -2.10. The number of para-hydroxylation sites is 1. The molecule has 2 aromatic carbocycles. The summed E-state index contributed by atoms with van der Waals surface area (Å²) in [5.41, 5.74) is 7.82. The molecule has 5 heteroatoms. The van der Waals surface area contributed by atoms with E-state index in [4.69, 9.17) is 5.73 Å². The maximum absolute atomic E-state index is 11.0. The summed E-state index contributed by atoms with van der Waals surface area (Å²) in [5.74, 6) is 0.371. The van der Waals surface area contributed by atoms with Gasteiger partial charge in [-0.1, -0.05) is 30.3 Å². The van der Waals surface area contributed by atoms with Crippen molar-refractivity contribution < 1.29 is 4.79 Å². The molecule has 0 aliphatic heterocycles. The van der Waals surface area contributed by atoms with Crippen LogP contribution < -0.4 is 5.73 Å². The van der Waals surface area contributed by atoms with Gasteiger partial charge >= 0.3 is 0 Å². The summed E-state index contributed by atoms with van der Waals surface area (Å²) in [4.78, 5) is 19.6. The highest BCUT2D eigenvalue weighted by Crippen LogP contribution is 2.27. The van der Waals surface area contributed by atoms with Crippen LogP contribution in [0.3, 0.4) is 0 Å². The number of hydrogen-bond acceptors (Lipinski definition) is 4. The Bertz CT molecular complexity index is 782. The van der Waals surface area contributed by atoms with Crippen molar-refractivity contribution in [2.24, 2.45) is 5.73 Å². The van der Waals surface area contributed by atoms with E-state index in [-0.39, 0.29) is 0 Å². The van der Waals surface area contributed by atoms with Crippen molar-refractivity contribution >= 4 is 28.6 Å². The van der Waals surface area contributed by atoms with Gasteiger partial charge in [0.15, 0.2) is 0 Å². The third-order valence-corrected chi connectivity index (χ3v) is 4.20. The normalized spacial score (nSPS) is 10.7. The molecule has 0 radical (unpaired) electrons. The van der Waals surface area contributed by atoms with Crippen LogP contribution in [0.5, 0.6) is 0 Å². The maximum atomic E-state index is 11.0. The van der Waals surface area contributed by atoms with E-state index in [1.807, 2.05) is 36.4 Å². The molecule has 1 heterocycles. The highest BCUT2D eigenvalue weighted by atomic mass is 32.2. The summed E-state index contributed by atoms with van der Waals surface area (Å²) in [6, 6.07) is 15.3. The van der Waals surface area contributed by atoms with Gasteiger partial charge in [0.2, 0.25) is 5.91 Å². The number of rotatable bonds is 4. The Balaban J connectivity index is 1.79. The van der Waals surface area contributed by atoms with Crippen molar-refractivity contribution in [1.82, 2.24) is 9.97 Å². The van der Waals surface area contributed by atoms with Gasteiger partial charge in [-0.2, -0.15) is 0 Å². The fraction of sp³-hybridized carbons (Fsp3) is 0.0625. The number of amides is 1. The van der Waals surface area contributed by atoms with Crippen LogP contribution in [0.25, 0.3) is 10.9 Å². The van der Waals surface area contributed by atoms with Crippen LogP contribution in [0.2, 0.25) is 0 Å². The fourth-order valence-corrected chi connectivity index (χ4v) is 2.96. The van der Waals surface area contributed by atoms with E-state index in [1.165, 1.54) is 0 Å². The summed E-state index contributed by atoms with van der Waals surface area (Å²) in [7, 11) is 0. The van der Waals surface area contributed by atoms with Crippen molar-refractivity contribution in [3.63, 3.8) is 0 Å². The van der Waals surface area contributed by atoms with Crippen molar-refractivity contribution in [3.05, 3.63) is 66.0 Å². The van der Waals surface area contributed by atoms with Gasteiger partial charge < -0.3 is 5.73 Å². The molecule has 21 heavy (non-hydrogen) atoms. The summed E-state index contributed by atoms with van der Waals surface area (Å²) in [5, 5.41) is 2.01. The Kier molecular flexibility index (Phi) is 3.83. The number of carbonyl (C=O) groups excluding carboxylic acids is 1. The highest BCUT2D eigenvalue weighted by Gasteiger charge is 2.05. The minimum atomic E-state index is -0.406. The molecule has 0 saturated carbocycles. The number of nitrogens with zero attached hydrogens (tertiary/aromatic N) is 2. The Morgan fingerprint density at radius 2 is 1.81 bits per heavy atom. The molecule has 0 aliphatic carbocycles. The van der Waals surface area contributed by atoms with Gasteiger partial charge in [0.05, 0.1) is 5.52 Å². The average molecular weight is 295 g/mol. The van der Waals surface area contributed by atoms with Gasteiger partial charge in [-0.05, 0) is 23.8 Å². The Labute approximate surface area is 126 Å². The van der Waals surface area contributed by atoms with Gasteiger partial charge in [-0.3, -0.25) is 4.79 Å². The molecule has 2 N–H and O–H groups in total. The molecule has 0 fully saturated rings. The van der Waals surface area contributed by atoms with Gasteiger partial charge in [-0.15, -0.1) is 11.8 Å². The third-order valence-electron chi connectivity index (χ3n) is 3.12. The second kappa shape index (κ2) is 5.93. The number of nitrogens with two attached hydrogens (primary N) is 1. The first-order valence-electron chi connectivity index (χ1n) is 6.45. The monoisotopic (exact) mass is 295 g/mol. The number of thioether (sulfide) groups is 1. The topological polar surface area (TPSA) is 68.9 Å². The van der Waals surface area contributed by atoms with Gasteiger partial charge in [0.1, 0.15) is 11.4 Å². The Morgan fingerprint density at radius 1 is 1.05 bits per heavy atom. The van der Waals surface area contributed by atoms with E-state index in [0.717, 1.165) is 27.2 Å². The zero-order valence-corrected chi connectivity index (χ0v) is 12.0. The largest absolute Gasteiger partial charge is 0.366 e. The maximum Gasteiger partial charge on any atom is 0.248 e. The Hall–Kier alpha value is -2.40. The minimum Gasteiger partial charge on any atom is -0.366 e. The molecular weight excluding hydrogens is 282 g/mol. The second-order valence-electron chi connectivity index (χ2n) is 4.55. The van der Waals surface area contributed by atoms with Crippen molar-refractivity contribution in [2.75, 3.05) is 0 Å². The lowest BCUT2D eigenvalue weighted by atomic mass is 10.1. The van der Waals surface area contributed by atoms with Crippen LogP contribution in [0.1, 0.15) is 15.9 Å². The smallest absolute Gasteiger partial charge is 0.248 e. The zero-order chi connectivity index (χ0) is 14.7. The lowest BCUT2D eigenvalue weighted by molar-refractivity contribution is 0.100. The molecule has 0 aliphatic rings. The highest BCUT2D eigenvalue weighted by molar-refractivity contribution is 7.98. The fourth-order valence-electron chi connectivity index (χ4n) is 2.01. The average Bonchev–Trinajstić information content (AvgIpc) is 2.53. The molecule has 3 aromatic rings. The molecule has 0 bridgehead atoms. The number of primary amides is 1. The van der Waals surface area contributed by atoms with E-state index >= 15 is 0 Å². The number of fused-ring (bicyclic) bond motifs is 1. The zero-order valence-electron chi connectivity index (χ0n) is 11.2. The first kappa shape index (κ1) is 13.6. The predicted molar refractivity (Wildman–Crippen MR) is 84.1 cm³/mol. The van der Waals surface area contributed by atoms with Crippen molar-refractivity contribution in [2.45, 2.75) is 10.8 Å². The molecule has 0 unspecified atom stereocenters. The van der Waals surface area contributed by atoms with Crippen LogP contribution in [-0.2, 0) is 5.75 Å². The SMILES string of the molecule is NC(=O)c1ccc(CSc2ncnc3ccccc23)cc1. The molecule has 3 rings (SSSR count). The first-order chi connectivity index (χ1) is 10.2. The van der Waals surface area contributed by atoms with Gasteiger partial charge in [0, 0.05) is 16.7 Å². The number of aromatic nitrogens is 2. The standard InChI is InChI=1S/C16H13N3OS/c17-15(20)12-7-5-11(6-8-12)9-21-16-13-3-1-2-4-14(13)18-10-19-16/h1-8,10H,9H2,(H2,17,20). The van der Waals surface area contributed by atoms with E-state index in [1.54, 1.807) is 30.2 Å². The number of carbonyl (C=O) groups is 1. The number of benzene rings is 2. The van der Waals surface area contributed by atoms with E-state index < -0.39 is 5.91 Å². The molecule has 0 spiro atoms. The molecule has 104 valence electrons. The molecule has 1 aromatic heterocycles. The molecule has 0 saturated heterocycles. The van der Waals surface area contributed by atoms with Crippen molar-refractivity contribution in [1.29, 1.82) is 0 Å². The lowest BCUT2D eigenvalue weighted by Gasteiger charge is -2.05. The van der Waals surface area contributed by atoms with Crippen LogP contribution in [0.15, 0.2) is 59.9 Å². The molecule has 0 atom stereocenters. The predicted octanol–water partition coefficient (Wildman–Crippen LogP) is 3.02. The van der Waals surface area contributed by atoms with E-state index in [0.29, 0.717) is 5.56 Å².